The fourth-order valence-electron chi connectivity index (χ4n) is 2.36. The number of hydrogen-bond donors (Lipinski definition) is 1. The van der Waals surface area contributed by atoms with Gasteiger partial charge in [-0.05, 0) is 36.5 Å². The topological polar surface area (TPSA) is 37.3 Å². The predicted octanol–water partition coefficient (Wildman–Crippen LogP) is 3.25. The molecule has 0 radical (unpaired) electrons. The molecular weight excluding hydrogens is 188 g/mol. The van der Waals surface area contributed by atoms with E-state index in [1.165, 1.54) is 37.7 Å². The van der Waals surface area contributed by atoms with Crippen LogP contribution in [0, 0.1) is 0 Å². The largest absolute Gasteiger partial charge is 0.507 e. The molecule has 0 spiro atoms. The number of carbonyl (C=O) groups excluding carboxylic acids is 1. The fraction of sp³-hybridized carbons (Fsp3) is 0.462. The predicted molar refractivity (Wildman–Crippen MR) is 59.3 cm³/mol. The Hall–Kier alpha value is -1.31. The summed E-state index contributed by atoms with van der Waals surface area (Å²) in [6.07, 6.45) is 7.03. The summed E-state index contributed by atoms with van der Waals surface area (Å²) in [5.74, 6) is 0.669. The monoisotopic (exact) mass is 204 g/mol. The van der Waals surface area contributed by atoms with Crippen molar-refractivity contribution in [2.45, 2.75) is 38.0 Å². The molecule has 0 amide bonds. The van der Waals surface area contributed by atoms with Crippen molar-refractivity contribution in [3.05, 3.63) is 29.3 Å². The van der Waals surface area contributed by atoms with Gasteiger partial charge in [-0.15, -0.1) is 0 Å². The summed E-state index contributed by atoms with van der Waals surface area (Å²) < 4.78 is 0. The third-order valence-corrected chi connectivity index (χ3v) is 3.26. The number of benzene rings is 1. The Morgan fingerprint density at radius 1 is 1.20 bits per heavy atom. The Kier molecular flexibility index (Phi) is 3.05. The van der Waals surface area contributed by atoms with Crippen molar-refractivity contribution in [3.8, 4) is 5.75 Å². The molecule has 0 saturated heterocycles. The van der Waals surface area contributed by atoms with E-state index in [1.807, 2.05) is 12.1 Å². The van der Waals surface area contributed by atoms with Gasteiger partial charge in [0, 0.05) is 0 Å². The number of rotatable bonds is 2. The first kappa shape index (κ1) is 10.2. The molecule has 1 saturated carbocycles. The lowest BCUT2D eigenvalue weighted by Crippen LogP contribution is -2.04. The average Bonchev–Trinajstić information content (AvgIpc) is 2.31. The first-order chi connectivity index (χ1) is 7.31. The van der Waals surface area contributed by atoms with Crippen molar-refractivity contribution < 1.29 is 9.90 Å². The molecule has 0 bridgehead atoms. The molecule has 1 aliphatic carbocycles. The smallest absolute Gasteiger partial charge is 0.153 e. The molecule has 1 aromatic rings. The summed E-state index contributed by atoms with van der Waals surface area (Å²) >= 11 is 0. The minimum absolute atomic E-state index is 0.0876. The van der Waals surface area contributed by atoms with Gasteiger partial charge in [-0.2, -0.15) is 0 Å². The maximum Gasteiger partial charge on any atom is 0.153 e. The molecule has 15 heavy (non-hydrogen) atoms. The first-order valence-corrected chi connectivity index (χ1v) is 5.59. The Morgan fingerprint density at radius 2 is 1.93 bits per heavy atom. The highest BCUT2D eigenvalue weighted by Gasteiger charge is 2.16. The number of hydrogen-bond acceptors (Lipinski definition) is 2. The highest BCUT2D eigenvalue weighted by atomic mass is 16.3. The molecule has 1 aromatic carbocycles. The molecule has 0 heterocycles. The maximum absolute atomic E-state index is 10.7. The van der Waals surface area contributed by atoms with E-state index in [0.29, 0.717) is 11.5 Å². The summed E-state index contributed by atoms with van der Waals surface area (Å²) in [6, 6.07) is 5.41. The van der Waals surface area contributed by atoms with E-state index in [2.05, 4.69) is 0 Å². The molecule has 80 valence electrons. The zero-order valence-corrected chi connectivity index (χ0v) is 8.78. The second-order valence-corrected chi connectivity index (χ2v) is 4.27. The van der Waals surface area contributed by atoms with Gasteiger partial charge in [0.05, 0.1) is 5.56 Å². The van der Waals surface area contributed by atoms with Crippen molar-refractivity contribution in [2.75, 3.05) is 0 Å². The van der Waals surface area contributed by atoms with E-state index in [1.54, 1.807) is 6.07 Å². The van der Waals surface area contributed by atoms with Crippen LogP contribution in [0.5, 0.6) is 5.75 Å². The summed E-state index contributed by atoms with van der Waals surface area (Å²) in [5, 5.41) is 9.40. The minimum atomic E-state index is 0.0876. The third kappa shape index (κ3) is 2.20. The second-order valence-electron chi connectivity index (χ2n) is 4.27. The van der Waals surface area contributed by atoms with Gasteiger partial charge in [0.15, 0.2) is 6.29 Å². The number of carbonyl (C=O) groups is 1. The lowest BCUT2D eigenvalue weighted by atomic mass is 9.83. The SMILES string of the molecule is O=Cc1cc(C2CCCCC2)ccc1O. The fourth-order valence-corrected chi connectivity index (χ4v) is 2.36. The van der Waals surface area contributed by atoms with Crippen molar-refractivity contribution in [2.24, 2.45) is 0 Å². The quantitative estimate of drug-likeness (QED) is 0.751. The van der Waals surface area contributed by atoms with E-state index in [4.69, 9.17) is 0 Å². The van der Waals surface area contributed by atoms with Crippen molar-refractivity contribution in [1.29, 1.82) is 0 Å². The van der Waals surface area contributed by atoms with Gasteiger partial charge in [0.2, 0.25) is 0 Å². The highest BCUT2D eigenvalue weighted by Crippen LogP contribution is 2.33. The van der Waals surface area contributed by atoms with E-state index in [9.17, 15) is 9.90 Å². The summed E-state index contributed by atoms with van der Waals surface area (Å²) in [7, 11) is 0. The molecule has 2 nitrogen and oxygen atoms in total. The molecular formula is C13H16O2. The van der Waals surface area contributed by atoms with Crippen LogP contribution in [0.3, 0.4) is 0 Å². The molecule has 1 aliphatic rings. The van der Waals surface area contributed by atoms with Crippen LogP contribution in [-0.2, 0) is 0 Å². The van der Waals surface area contributed by atoms with Crippen molar-refractivity contribution >= 4 is 6.29 Å². The number of phenols is 1. The normalized spacial score (nSPS) is 17.6. The molecule has 0 atom stereocenters. The van der Waals surface area contributed by atoms with Crippen LogP contribution < -0.4 is 0 Å². The van der Waals surface area contributed by atoms with E-state index < -0.39 is 0 Å². The molecule has 0 aliphatic heterocycles. The van der Waals surface area contributed by atoms with Gasteiger partial charge in [0.25, 0.3) is 0 Å². The third-order valence-electron chi connectivity index (χ3n) is 3.26. The zero-order chi connectivity index (χ0) is 10.7. The summed E-state index contributed by atoms with van der Waals surface area (Å²) in [5.41, 5.74) is 1.62. The van der Waals surface area contributed by atoms with Crippen LogP contribution in [-0.4, -0.2) is 11.4 Å². The van der Waals surface area contributed by atoms with Gasteiger partial charge in [-0.3, -0.25) is 4.79 Å². The highest BCUT2D eigenvalue weighted by molar-refractivity contribution is 5.79. The molecule has 0 aromatic heterocycles. The maximum atomic E-state index is 10.7. The lowest BCUT2D eigenvalue weighted by molar-refractivity contribution is 0.112. The minimum Gasteiger partial charge on any atom is -0.507 e. The van der Waals surface area contributed by atoms with E-state index in [-0.39, 0.29) is 5.75 Å². The van der Waals surface area contributed by atoms with Crippen LogP contribution in [0.4, 0.5) is 0 Å². The van der Waals surface area contributed by atoms with Crippen molar-refractivity contribution in [1.82, 2.24) is 0 Å². The summed E-state index contributed by atoms with van der Waals surface area (Å²) in [4.78, 5) is 10.7. The van der Waals surface area contributed by atoms with Crippen LogP contribution in [0.25, 0.3) is 0 Å². The van der Waals surface area contributed by atoms with Gasteiger partial charge in [-0.1, -0.05) is 25.3 Å². The lowest BCUT2D eigenvalue weighted by Gasteiger charge is -2.22. The molecule has 0 unspecified atom stereocenters. The molecule has 2 rings (SSSR count). The molecule has 2 heteroatoms. The summed E-state index contributed by atoms with van der Waals surface area (Å²) in [6.45, 7) is 0. The van der Waals surface area contributed by atoms with Gasteiger partial charge in [-0.25, -0.2) is 0 Å². The average molecular weight is 204 g/mol. The first-order valence-electron chi connectivity index (χ1n) is 5.59. The van der Waals surface area contributed by atoms with Crippen LogP contribution in [0.15, 0.2) is 18.2 Å². The van der Waals surface area contributed by atoms with E-state index >= 15 is 0 Å². The zero-order valence-electron chi connectivity index (χ0n) is 8.78. The van der Waals surface area contributed by atoms with Crippen LogP contribution in [0.1, 0.15) is 53.9 Å². The standard InChI is InChI=1S/C13H16O2/c14-9-12-8-11(6-7-13(12)15)10-4-2-1-3-5-10/h6-10,15H,1-5H2. The van der Waals surface area contributed by atoms with Gasteiger partial charge >= 0.3 is 0 Å². The number of aromatic hydroxyl groups is 1. The molecule has 1 N–H and O–H groups in total. The number of aldehydes is 1. The van der Waals surface area contributed by atoms with E-state index in [0.717, 1.165) is 6.29 Å². The Morgan fingerprint density at radius 3 is 2.60 bits per heavy atom. The number of phenolic OH excluding ortho intramolecular Hbond substituents is 1. The van der Waals surface area contributed by atoms with Crippen LogP contribution in [0.2, 0.25) is 0 Å². The van der Waals surface area contributed by atoms with Gasteiger partial charge in [0.1, 0.15) is 5.75 Å². The second kappa shape index (κ2) is 4.47. The van der Waals surface area contributed by atoms with Crippen LogP contribution >= 0.6 is 0 Å². The Balaban J connectivity index is 2.23. The Bertz CT molecular complexity index is 352. The van der Waals surface area contributed by atoms with Gasteiger partial charge < -0.3 is 5.11 Å². The Labute approximate surface area is 89.9 Å². The van der Waals surface area contributed by atoms with Crippen molar-refractivity contribution in [3.63, 3.8) is 0 Å². The molecule has 1 fully saturated rings.